The smallest absolute Gasteiger partial charge is 0.336 e. The van der Waals surface area contributed by atoms with E-state index in [2.05, 4.69) is 13.8 Å². The maximum absolute atomic E-state index is 11.7. The Bertz CT molecular complexity index is 992. The van der Waals surface area contributed by atoms with Crippen molar-refractivity contribution in [2.45, 2.75) is 78.1 Å². The molecule has 0 spiro atoms. The number of carbonyl (C=O) groups is 4. The lowest BCUT2D eigenvalue weighted by Crippen LogP contribution is -2.14. The molecule has 196 valence electrons. The zero-order chi connectivity index (χ0) is 27.1. The summed E-state index contributed by atoms with van der Waals surface area (Å²) in [6, 6.07) is 8.29. The molecule has 2 aromatic rings. The van der Waals surface area contributed by atoms with Crippen LogP contribution in [0.1, 0.15) is 118 Å². The summed E-state index contributed by atoms with van der Waals surface area (Å²) in [5.41, 5.74) is 1.80. The highest BCUT2D eigenvalue weighted by Gasteiger charge is 2.22. The van der Waals surface area contributed by atoms with Crippen molar-refractivity contribution in [3.8, 4) is 0 Å². The van der Waals surface area contributed by atoms with Gasteiger partial charge in [0.05, 0.1) is 22.3 Å². The summed E-state index contributed by atoms with van der Waals surface area (Å²) in [4.78, 5) is 43.8. The van der Waals surface area contributed by atoms with Crippen LogP contribution in [0.25, 0.3) is 0 Å². The highest BCUT2D eigenvalue weighted by Crippen LogP contribution is 2.24. The van der Waals surface area contributed by atoms with E-state index >= 15 is 0 Å². The number of aryl methyl sites for hydroxylation is 1. The Labute approximate surface area is 211 Å². The molecule has 0 unspecified atom stereocenters. The Morgan fingerprint density at radius 1 is 0.556 bits per heavy atom. The molecule has 0 fully saturated rings. The number of rotatable bonds is 14. The van der Waals surface area contributed by atoms with Crippen molar-refractivity contribution in [3.05, 3.63) is 69.8 Å². The van der Waals surface area contributed by atoms with Gasteiger partial charge in [-0.3, -0.25) is 0 Å². The van der Waals surface area contributed by atoms with E-state index in [0.717, 1.165) is 62.5 Å². The molecule has 8 nitrogen and oxygen atoms in total. The molecule has 36 heavy (non-hydrogen) atoms. The van der Waals surface area contributed by atoms with Gasteiger partial charge in [0, 0.05) is 0 Å². The Kier molecular flexibility index (Phi) is 13.6. The van der Waals surface area contributed by atoms with E-state index in [9.17, 15) is 29.4 Å². The fraction of sp³-hybridized carbons (Fsp3) is 0.429. The molecule has 4 N–H and O–H groups in total. The van der Waals surface area contributed by atoms with E-state index in [1.54, 1.807) is 0 Å². The average molecular weight is 501 g/mol. The standard InChI is InChI=1S/C20H30O4.C8H6O4/c1-3-5-7-9-11-15-13-14-17(19(21)22)18(20(23)24)16(15)12-10-8-6-4-2;9-7(10)5-1-2-6(4-3-5)8(11)12/h13-14H,3-12H2,1-2H3,(H,21,22)(H,23,24);1-4H,(H,9,10)(H,11,12). The Balaban J connectivity index is 0.000000450. The van der Waals surface area contributed by atoms with Gasteiger partial charge in [-0.05, 0) is 67.1 Å². The van der Waals surface area contributed by atoms with Crippen LogP contribution in [-0.4, -0.2) is 44.3 Å². The second kappa shape index (κ2) is 16.1. The molecule has 0 heterocycles. The van der Waals surface area contributed by atoms with Gasteiger partial charge in [0.15, 0.2) is 0 Å². The molecule has 0 radical (unpaired) electrons. The molecule has 0 saturated carbocycles. The highest BCUT2D eigenvalue weighted by molar-refractivity contribution is 6.03. The van der Waals surface area contributed by atoms with E-state index < -0.39 is 23.9 Å². The minimum absolute atomic E-state index is 0.00742. The van der Waals surface area contributed by atoms with Crippen molar-refractivity contribution in [2.24, 2.45) is 0 Å². The van der Waals surface area contributed by atoms with Crippen LogP contribution in [-0.2, 0) is 12.8 Å². The predicted octanol–water partition coefficient (Wildman–Crippen LogP) is 6.41. The molecular formula is C28H36O8. The molecular weight excluding hydrogens is 464 g/mol. The van der Waals surface area contributed by atoms with Crippen molar-refractivity contribution in [3.63, 3.8) is 0 Å². The average Bonchev–Trinajstić information content (AvgIpc) is 2.84. The van der Waals surface area contributed by atoms with Gasteiger partial charge in [0.2, 0.25) is 0 Å². The van der Waals surface area contributed by atoms with Gasteiger partial charge in [-0.25, -0.2) is 19.2 Å². The zero-order valence-electron chi connectivity index (χ0n) is 21.0. The minimum Gasteiger partial charge on any atom is -0.478 e. The highest BCUT2D eigenvalue weighted by atomic mass is 16.4. The first-order valence-electron chi connectivity index (χ1n) is 12.3. The minimum atomic E-state index is -1.17. The molecule has 0 saturated heterocycles. The second-order valence-corrected chi connectivity index (χ2v) is 8.55. The molecule has 0 bridgehead atoms. The van der Waals surface area contributed by atoms with Crippen LogP contribution in [0.15, 0.2) is 36.4 Å². The maximum atomic E-state index is 11.7. The molecule has 2 aromatic carbocycles. The molecule has 0 atom stereocenters. The summed E-state index contributed by atoms with van der Waals surface area (Å²) in [7, 11) is 0. The van der Waals surface area contributed by atoms with Gasteiger partial charge >= 0.3 is 23.9 Å². The van der Waals surface area contributed by atoms with Gasteiger partial charge in [-0.1, -0.05) is 58.4 Å². The fourth-order valence-corrected chi connectivity index (χ4v) is 3.86. The SMILES string of the molecule is CCCCCCc1ccc(C(=O)O)c(C(=O)O)c1CCCCCC.O=C(O)c1ccc(C(=O)O)cc1. The largest absolute Gasteiger partial charge is 0.478 e. The Morgan fingerprint density at radius 2 is 1.03 bits per heavy atom. The first-order valence-corrected chi connectivity index (χ1v) is 12.3. The lowest BCUT2D eigenvalue weighted by Gasteiger charge is -2.15. The van der Waals surface area contributed by atoms with E-state index in [1.807, 2.05) is 6.07 Å². The van der Waals surface area contributed by atoms with Crippen molar-refractivity contribution >= 4 is 23.9 Å². The summed E-state index contributed by atoms with van der Waals surface area (Å²) in [6.07, 6.45) is 10.1. The van der Waals surface area contributed by atoms with E-state index in [-0.39, 0.29) is 22.3 Å². The Morgan fingerprint density at radius 3 is 1.42 bits per heavy atom. The van der Waals surface area contributed by atoms with Gasteiger partial charge < -0.3 is 20.4 Å². The maximum Gasteiger partial charge on any atom is 0.336 e. The lowest BCUT2D eigenvalue weighted by atomic mass is 9.89. The third-order valence-electron chi connectivity index (χ3n) is 5.81. The summed E-state index contributed by atoms with van der Waals surface area (Å²) >= 11 is 0. The van der Waals surface area contributed by atoms with Gasteiger partial charge in [0.1, 0.15) is 0 Å². The van der Waals surface area contributed by atoms with Crippen molar-refractivity contribution in [1.29, 1.82) is 0 Å². The van der Waals surface area contributed by atoms with Gasteiger partial charge in [-0.15, -0.1) is 0 Å². The number of benzene rings is 2. The quantitative estimate of drug-likeness (QED) is 0.217. The topological polar surface area (TPSA) is 149 Å². The third kappa shape index (κ3) is 9.90. The van der Waals surface area contributed by atoms with E-state index in [1.165, 1.54) is 36.8 Å². The lowest BCUT2D eigenvalue weighted by molar-refractivity contribution is 0.0650. The van der Waals surface area contributed by atoms with Crippen LogP contribution in [0.3, 0.4) is 0 Å². The molecule has 0 amide bonds. The summed E-state index contributed by atoms with van der Waals surface area (Å²) < 4.78 is 0. The first-order chi connectivity index (χ1) is 17.1. The number of hydrogen-bond acceptors (Lipinski definition) is 4. The number of carboxylic acids is 4. The van der Waals surface area contributed by atoms with Crippen LogP contribution in [0.2, 0.25) is 0 Å². The normalized spacial score (nSPS) is 10.3. The van der Waals surface area contributed by atoms with Crippen molar-refractivity contribution < 1.29 is 39.6 Å². The monoisotopic (exact) mass is 500 g/mol. The predicted molar refractivity (Wildman–Crippen MR) is 136 cm³/mol. The van der Waals surface area contributed by atoms with Crippen LogP contribution < -0.4 is 0 Å². The van der Waals surface area contributed by atoms with E-state index in [0.29, 0.717) is 6.42 Å². The number of carboxylic acid groups (broad SMARTS) is 4. The number of hydrogen-bond donors (Lipinski definition) is 4. The van der Waals surface area contributed by atoms with Gasteiger partial charge in [0.25, 0.3) is 0 Å². The summed E-state index contributed by atoms with van der Waals surface area (Å²) in [6.45, 7) is 4.29. The first kappa shape index (κ1) is 30.4. The molecule has 0 aliphatic rings. The zero-order valence-corrected chi connectivity index (χ0v) is 21.0. The molecule has 2 rings (SSSR count). The number of unbranched alkanes of at least 4 members (excludes halogenated alkanes) is 6. The van der Waals surface area contributed by atoms with Crippen molar-refractivity contribution in [1.82, 2.24) is 0 Å². The third-order valence-corrected chi connectivity index (χ3v) is 5.81. The van der Waals surface area contributed by atoms with Crippen LogP contribution in [0.5, 0.6) is 0 Å². The molecule has 0 aromatic heterocycles. The molecule has 8 heteroatoms. The van der Waals surface area contributed by atoms with Crippen LogP contribution in [0, 0.1) is 0 Å². The fourth-order valence-electron chi connectivity index (χ4n) is 3.86. The van der Waals surface area contributed by atoms with Crippen LogP contribution in [0.4, 0.5) is 0 Å². The van der Waals surface area contributed by atoms with Crippen LogP contribution >= 0.6 is 0 Å². The molecule has 0 aliphatic carbocycles. The molecule has 0 aliphatic heterocycles. The Hall–Kier alpha value is -3.68. The van der Waals surface area contributed by atoms with E-state index in [4.69, 9.17) is 10.2 Å². The van der Waals surface area contributed by atoms with Crippen molar-refractivity contribution in [2.75, 3.05) is 0 Å². The van der Waals surface area contributed by atoms with Gasteiger partial charge in [-0.2, -0.15) is 0 Å². The summed E-state index contributed by atoms with van der Waals surface area (Å²) in [5, 5.41) is 35.8. The number of aromatic carboxylic acids is 4. The second-order valence-electron chi connectivity index (χ2n) is 8.55. The summed E-state index contributed by atoms with van der Waals surface area (Å²) in [5.74, 6) is -4.42.